The number of aromatic nitrogens is 2. The fourth-order valence-corrected chi connectivity index (χ4v) is 1.94. The van der Waals surface area contributed by atoms with Crippen LogP contribution in [0.1, 0.15) is 10.4 Å². The van der Waals surface area contributed by atoms with Crippen molar-refractivity contribution < 1.29 is 9.18 Å². The molecule has 0 fully saturated rings. The highest BCUT2D eigenvalue weighted by Crippen LogP contribution is 2.17. The lowest BCUT2D eigenvalue weighted by molar-refractivity contribution is 0.102. The Balaban J connectivity index is 1.73. The van der Waals surface area contributed by atoms with Gasteiger partial charge in [0, 0.05) is 23.5 Å². The van der Waals surface area contributed by atoms with Crippen molar-refractivity contribution in [2.24, 2.45) is 0 Å². The summed E-state index contributed by atoms with van der Waals surface area (Å²) in [6, 6.07) is 14.5. The summed E-state index contributed by atoms with van der Waals surface area (Å²) in [6.45, 7) is 0. The molecule has 0 saturated carbocycles. The fourth-order valence-electron chi connectivity index (χ4n) is 1.94. The van der Waals surface area contributed by atoms with Crippen molar-refractivity contribution in [3.8, 4) is 11.3 Å². The number of carbonyl (C=O) groups is 1. The molecular weight excluding hydrogens is 281 g/mol. The summed E-state index contributed by atoms with van der Waals surface area (Å²) in [4.78, 5) is 20.4. The van der Waals surface area contributed by atoms with Crippen LogP contribution >= 0.6 is 0 Å². The van der Waals surface area contributed by atoms with Gasteiger partial charge in [0.2, 0.25) is 0 Å². The van der Waals surface area contributed by atoms with Gasteiger partial charge in [-0.05, 0) is 48.5 Å². The number of benzene rings is 1. The van der Waals surface area contributed by atoms with E-state index in [9.17, 15) is 9.18 Å². The van der Waals surface area contributed by atoms with Gasteiger partial charge in [0.15, 0.2) is 0 Å². The van der Waals surface area contributed by atoms with Crippen LogP contribution in [0.15, 0.2) is 67.0 Å². The van der Waals surface area contributed by atoms with E-state index >= 15 is 0 Å². The lowest BCUT2D eigenvalue weighted by Crippen LogP contribution is -2.12. The topological polar surface area (TPSA) is 54.9 Å². The zero-order valence-corrected chi connectivity index (χ0v) is 11.5. The molecule has 4 nitrogen and oxygen atoms in total. The Bertz CT molecular complexity index is 771. The molecular formula is C17H12FN3O. The molecule has 22 heavy (non-hydrogen) atoms. The average molecular weight is 293 g/mol. The minimum absolute atomic E-state index is 0.335. The van der Waals surface area contributed by atoms with Crippen LogP contribution in [0.5, 0.6) is 0 Å². The van der Waals surface area contributed by atoms with Gasteiger partial charge in [-0.2, -0.15) is 0 Å². The highest BCUT2D eigenvalue weighted by Gasteiger charge is 2.07. The third-order valence-corrected chi connectivity index (χ3v) is 3.07. The van der Waals surface area contributed by atoms with Crippen molar-refractivity contribution >= 4 is 11.7 Å². The maximum Gasteiger partial charge on any atom is 0.256 e. The van der Waals surface area contributed by atoms with Gasteiger partial charge >= 0.3 is 0 Å². The average Bonchev–Trinajstić information content (AvgIpc) is 2.57. The molecule has 108 valence electrons. The van der Waals surface area contributed by atoms with E-state index < -0.39 is 0 Å². The molecule has 5 heteroatoms. The van der Waals surface area contributed by atoms with Crippen LogP contribution in [0.2, 0.25) is 0 Å². The van der Waals surface area contributed by atoms with Gasteiger partial charge in [-0.15, -0.1) is 0 Å². The maximum absolute atomic E-state index is 12.8. The molecule has 1 amide bonds. The molecule has 0 aliphatic rings. The summed E-state index contributed by atoms with van der Waals surface area (Å²) < 4.78 is 12.8. The summed E-state index contributed by atoms with van der Waals surface area (Å²) >= 11 is 0. The summed E-state index contributed by atoms with van der Waals surface area (Å²) in [5, 5.41) is 2.66. The first-order valence-electron chi connectivity index (χ1n) is 6.67. The third-order valence-electron chi connectivity index (χ3n) is 3.07. The Morgan fingerprint density at radius 2 is 1.77 bits per heavy atom. The standard InChI is InChI=1S/C17H12FN3O/c18-14-7-4-12(5-8-14)17(22)21-16-9-6-13(11-20-16)15-3-1-2-10-19-15/h1-11H,(H,20,21,22). The number of amides is 1. The molecule has 0 unspecified atom stereocenters. The van der Waals surface area contributed by atoms with Crippen LogP contribution in [-0.2, 0) is 0 Å². The Labute approximate surface area is 126 Å². The molecule has 0 aliphatic heterocycles. The summed E-state index contributed by atoms with van der Waals surface area (Å²) in [6.07, 6.45) is 3.35. The molecule has 1 N–H and O–H groups in total. The molecule has 2 heterocycles. The third kappa shape index (κ3) is 3.15. The van der Waals surface area contributed by atoms with Crippen LogP contribution in [0.25, 0.3) is 11.3 Å². The maximum atomic E-state index is 12.8. The second-order valence-corrected chi connectivity index (χ2v) is 4.61. The van der Waals surface area contributed by atoms with E-state index in [-0.39, 0.29) is 11.7 Å². The first kappa shape index (κ1) is 13.9. The van der Waals surface area contributed by atoms with E-state index in [0.717, 1.165) is 11.3 Å². The van der Waals surface area contributed by atoms with Gasteiger partial charge in [0.25, 0.3) is 5.91 Å². The van der Waals surface area contributed by atoms with Gasteiger partial charge in [-0.25, -0.2) is 9.37 Å². The molecule has 0 saturated heterocycles. The number of nitrogens with zero attached hydrogens (tertiary/aromatic N) is 2. The highest BCUT2D eigenvalue weighted by atomic mass is 19.1. The zero-order chi connectivity index (χ0) is 15.4. The Kier molecular flexibility index (Phi) is 3.87. The Morgan fingerprint density at radius 3 is 2.41 bits per heavy atom. The van der Waals surface area contributed by atoms with Gasteiger partial charge in [-0.3, -0.25) is 9.78 Å². The number of rotatable bonds is 3. The lowest BCUT2D eigenvalue weighted by atomic mass is 10.2. The SMILES string of the molecule is O=C(Nc1ccc(-c2ccccn2)cn1)c1ccc(F)cc1. The number of halogens is 1. The predicted octanol–water partition coefficient (Wildman–Crippen LogP) is 3.54. The summed E-state index contributed by atoms with van der Waals surface area (Å²) in [5.74, 6) is -0.290. The largest absolute Gasteiger partial charge is 0.307 e. The number of hydrogen-bond acceptors (Lipinski definition) is 3. The van der Waals surface area contributed by atoms with Crippen molar-refractivity contribution in [3.63, 3.8) is 0 Å². The van der Waals surface area contributed by atoms with E-state index in [1.54, 1.807) is 18.5 Å². The number of nitrogens with one attached hydrogen (secondary N) is 1. The fraction of sp³-hybridized carbons (Fsp3) is 0. The minimum atomic E-state index is -0.380. The van der Waals surface area contributed by atoms with Crippen LogP contribution in [0, 0.1) is 5.82 Å². The van der Waals surface area contributed by atoms with Crippen molar-refractivity contribution in [3.05, 3.63) is 78.4 Å². The Morgan fingerprint density at radius 1 is 0.955 bits per heavy atom. The molecule has 3 rings (SSSR count). The van der Waals surface area contributed by atoms with E-state index in [4.69, 9.17) is 0 Å². The summed E-state index contributed by atoms with van der Waals surface area (Å²) in [5.41, 5.74) is 2.05. The van der Waals surface area contributed by atoms with Gasteiger partial charge in [0.1, 0.15) is 11.6 Å². The second kappa shape index (κ2) is 6.13. The van der Waals surface area contributed by atoms with Crippen molar-refractivity contribution in [2.45, 2.75) is 0 Å². The number of pyridine rings is 2. The van der Waals surface area contributed by atoms with E-state index in [1.807, 2.05) is 24.3 Å². The number of carbonyl (C=O) groups excluding carboxylic acids is 1. The molecule has 0 bridgehead atoms. The first-order chi connectivity index (χ1) is 10.7. The molecule has 1 aromatic carbocycles. The lowest BCUT2D eigenvalue weighted by Gasteiger charge is -2.05. The first-order valence-corrected chi connectivity index (χ1v) is 6.67. The zero-order valence-electron chi connectivity index (χ0n) is 11.5. The van der Waals surface area contributed by atoms with Crippen molar-refractivity contribution in [1.29, 1.82) is 0 Å². The molecule has 0 aliphatic carbocycles. The van der Waals surface area contributed by atoms with Crippen molar-refractivity contribution in [1.82, 2.24) is 9.97 Å². The highest BCUT2D eigenvalue weighted by molar-refractivity contribution is 6.03. The van der Waals surface area contributed by atoms with Crippen LogP contribution < -0.4 is 5.32 Å². The van der Waals surface area contributed by atoms with E-state index in [2.05, 4.69) is 15.3 Å². The van der Waals surface area contributed by atoms with Gasteiger partial charge in [-0.1, -0.05) is 6.07 Å². The summed E-state index contributed by atoms with van der Waals surface area (Å²) in [7, 11) is 0. The molecule has 0 spiro atoms. The molecule has 0 radical (unpaired) electrons. The van der Waals surface area contributed by atoms with E-state index in [0.29, 0.717) is 11.4 Å². The normalized spacial score (nSPS) is 10.2. The van der Waals surface area contributed by atoms with Crippen molar-refractivity contribution in [2.75, 3.05) is 5.32 Å². The quantitative estimate of drug-likeness (QED) is 0.803. The van der Waals surface area contributed by atoms with Gasteiger partial charge < -0.3 is 5.32 Å². The molecule has 0 atom stereocenters. The smallest absolute Gasteiger partial charge is 0.256 e. The van der Waals surface area contributed by atoms with Crippen LogP contribution in [-0.4, -0.2) is 15.9 Å². The molecule has 3 aromatic rings. The number of anilines is 1. The van der Waals surface area contributed by atoms with E-state index in [1.165, 1.54) is 24.3 Å². The molecule has 2 aromatic heterocycles. The second-order valence-electron chi connectivity index (χ2n) is 4.61. The Hall–Kier alpha value is -3.08. The van der Waals surface area contributed by atoms with Crippen LogP contribution in [0.3, 0.4) is 0 Å². The predicted molar refractivity (Wildman–Crippen MR) is 81.8 cm³/mol. The minimum Gasteiger partial charge on any atom is -0.307 e. The van der Waals surface area contributed by atoms with Crippen LogP contribution in [0.4, 0.5) is 10.2 Å². The number of hydrogen-bond donors (Lipinski definition) is 1. The monoisotopic (exact) mass is 293 g/mol. The van der Waals surface area contributed by atoms with Gasteiger partial charge in [0.05, 0.1) is 5.69 Å².